The number of hydrogen-bond acceptors (Lipinski definition) is 3. The molecular weight excluding hydrogens is 448 g/mol. The molecule has 0 bridgehead atoms. The van der Waals surface area contributed by atoms with Gasteiger partial charge in [0.05, 0.1) is 0 Å². The van der Waals surface area contributed by atoms with E-state index in [1.807, 2.05) is 29.5 Å². The fourth-order valence-electron chi connectivity index (χ4n) is 4.89. The van der Waals surface area contributed by atoms with Gasteiger partial charge in [0.25, 0.3) is 0 Å². The monoisotopic (exact) mass is 476 g/mol. The van der Waals surface area contributed by atoms with Gasteiger partial charge >= 0.3 is 0 Å². The second-order valence-electron chi connectivity index (χ2n) is 9.02. The lowest BCUT2D eigenvalue weighted by molar-refractivity contribution is 0.306. The number of nitrogens with two attached hydrogens (primary N) is 1. The van der Waals surface area contributed by atoms with E-state index in [1.54, 1.807) is 0 Å². The third-order valence-electron chi connectivity index (χ3n) is 6.67. The molecule has 174 valence electrons. The minimum absolute atomic E-state index is 0.564. The normalized spacial score (nSPS) is 11.6. The van der Waals surface area contributed by atoms with Crippen LogP contribution in [0.1, 0.15) is 24.0 Å². The van der Waals surface area contributed by atoms with Gasteiger partial charge in [-0.1, -0.05) is 54.6 Å². The lowest BCUT2D eigenvalue weighted by atomic mass is 9.99. The van der Waals surface area contributed by atoms with Crippen molar-refractivity contribution in [2.45, 2.75) is 25.9 Å². The Labute approximate surface area is 209 Å². The first kappa shape index (κ1) is 21.9. The maximum atomic E-state index is 6.16. The van der Waals surface area contributed by atoms with Gasteiger partial charge in [0.2, 0.25) is 0 Å². The summed E-state index contributed by atoms with van der Waals surface area (Å²) in [6.07, 6.45) is 3.07. The van der Waals surface area contributed by atoms with E-state index in [0.29, 0.717) is 6.61 Å². The van der Waals surface area contributed by atoms with Crippen LogP contribution in [0.3, 0.4) is 0 Å². The summed E-state index contributed by atoms with van der Waals surface area (Å²) < 4.78 is 8.82. The van der Waals surface area contributed by atoms with Crippen molar-refractivity contribution in [3.63, 3.8) is 0 Å². The maximum absolute atomic E-state index is 6.16. The van der Waals surface area contributed by atoms with E-state index in [2.05, 4.69) is 77.8 Å². The summed E-state index contributed by atoms with van der Waals surface area (Å²) in [5.74, 6) is 0.895. The Morgan fingerprint density at radius 1 is 0.743 bits per heavy atom. The number of nitrogens with one attached hydrogen (secondary N) is 1. The van der Waals surface area contributed by atoms with Crippen molar-refractivity contribution in [1.29, 1.82) is 0 Å². The molecule has 0 fully saturated rings. The third kappa shape index (κ3) is 4.31. The standard InChI is InChI=1S/C31H28N2OS/c32-17-7-6-11-25-26-19-23(34-20-21-8-2-1-3-9-21)14-15-28(26)33-31(25)22-13-16-30-27(18-22)24-10-4-5-12-29(24)35-30/h1-5,8-10,12-16,18-19,33H,6-7,11,17,20,32H2. The molecule has 3 nitrogen and oxygen atoms in total. The number of aromatic amines is 1. The molecular formula is C31H28N2OS. The van der Waals surface area contributed by atoms with Gasteiger partial charge in [-0.05, 0) is 78.9 Å². The summed E-state index contributed by atoms with van der Waals surface area (Å²) in [6.45, 7) is 1.28. The molecule has 0 unspecified atom stereocenters. The smallest absolute Gasteiger partial charge is 0.120 e. The minimum Gasteiger partial charge on any atom is -0.489 e. The van der Waals surface area contributed by atoms with Crippen molar-refractivity contribution in [1.82, 2.24) is 4.98 Å². The Balaban J connectivity index is 1.42. The average molecular weight is 477 g/mol. The second kappa shape index (κ2) is 9.57. The minimum atomic E-state index is 0.564. The van der Waals surface area contributed by atoms with Crippen LogP contribution >= 0.6 is 11.3 Å². The molecule has 0 amide bonds. The van der Waals surface area contributed by atoms with Crippen LogP contribution in [0.5, 0.6) is 5.75 Å². The highest BCUT2D eigenvalue weighted by Gasteiger charge is 2.15. The topological polar surface area (TPSA) is 51.0 Å². The van der Waals surface area contributed by atoms with E-state index < -0.39 is 0 Å². The average Bonchev–Trinajstić information content (AvgIpc) is 3.46. The third-order valence-corrected chi connectivity index (χ3v) is 7.82. The van der Waals surface area contributed by atoms with Crippen LogP contribution in [0.15, 0.2) is 91.0 Å². The van der Waals surface area contributed by atoms with Crippen LogP contribution in [0, 0.1) is 0 Å². The lowest BCUT2D eigenvalue weighted by Crippen LogP contribution is -1.99. The number of ether oxygens (including phenoxy) is 1. The predicted molar refractivity (Wildman–Crippen MR) is 149 cm³/mol. The van der Waals surface area contributed by atoms with Gasteiger partial charge in [0.15, 0.2) is 0 Å². The summed E-state index contributed by atoms with van der Waals surface area (Å²) in [4.78, 5) is 3.73. The van der Waals surface area contributed by atoms with Crippen molar-refractivity contribution in [3.05, 3.63) is 102 Å². The molecule has 4 heteroatoms. The Morgan fingerprint density at radius 2 is 1.57 bits per heavy atom. The first-order valence-electron chi connectivity index (χ1n) is 12.2. The quantitative estimate of drug-likeness (QED) is 0.218. The number of fused-ring (bicyclic) bond motifs is 4. The molecule has 0 aliphatic rings. The molecule has 6 aromatic rings. The van der Waals surface area contributed by atoms with E-state index in [1.165, 1.54) is 47.9 Å². The first-order valence-corrected chi connectivity index (χ1v) is 13.0. The number of hydrogen-bond donors (Lipinski definition) is 2. The van der Waals surface area contributed by atoms with E-state index in [0.717, 1.165) is 37.1 Å². The van der Waals surface area contributed by atoms with Gasteiger partial charge in [0, 0.05) is 36.8 Å². The van der Waals surface area contributed by atoms with Crippen LogP contribution < -0.4 is 10.5 Å². The van der Waals surface area contributed by atoms with Crippen molar-refractivity contribution in [3.8, 4) is 17.0 Å². The molecule has 6 rings (SSSR count). The Kier molecular flexibility index (Phi) is 5.99. The number of rotatable bonds is 8. The number of aryl methyl sites for hydroxylation is 1. The largest absolute Gasteiger partial charge is 0.489 e. The highest BCUT2D eigenvalue weighted by atomic mass is 32.1. The molecule has 2 heterocycles. The van der Waals surface area contributed by atoms with E-state index >= 15 is 0 Å². The SMILES string of the molecule is NCCCCc1c(-c2ccc3sc4ccccc4c3c2)[nH]c2ccc(OCc3ccccc3)cc12. The molecule has 0 spiro atoms. The number of H-pyrrole nitrogens is 1. The summed E-state index contributed by atoms with van der Waals surface area (Å²) in [7, 11) is 0. The summed E-state index contributed by atoms with van der Waals surface area (Å²) in [5.41, 5.74) is 11.9. The summed E-state index contributed by atoms with van der Waals surface area (Å²) in [5, 5.41) is 3.88. The molecule has 0 saturated heterocycles. The molecule has 35 heavy (non-hydrogen) atoms. The highest BCUT2D eigenvalue weighted by molar-refractivity contribution is 7.25. The molecule has 0 atom stereocenters. The van der Waals surface area contributed by atoms with Crippen molar-refractivity contribution in [2.24, 2.45) is 5.73 Å². The fraction of sp³-hybridized carbons (Fsp3) is 0.161. The summed E-state index contributed by atoms with van der Waals surface area (Å²) in [6, 6.07) is 32.2. The zero-order valence-corrected chi connectivity index (χ0v) is 20.4. The van der Waals surface area contributed by atoms with E-state index in [4.69, 9.17) is 10.5 Å². The van der Waals surface area contributed by atoms with Crippen molar-refractivity contribution >= 4 is 42.4 Å². The van der Waals surface area contributed by atoms with Crippen LogP contribution in [-0.2, 0) is 13.0 Å². The second-order valence-corrected chi connectivity index (χ2v) is 10.1. The van der Waals surface area contributed by atoms with Crippen LogP contribution in [0.25, 0.3) is 42.3 Å². The molecule has 0 aliphatic carbocycles. The zero-order chi connectivity index (χ0) is 23.6. The number of benzene rings is 4. The highest BCUT2D eigenvalue weighted by Crippen LogP contribution is 2.39. The Morgan fingerprint density at radius 3 is 2.46 bits per heavy atom. The van der Waals surface area contributed by atoms with Crippen molar-refractivity contribution in [2.75, 3.05) is 6.54 Å². The number of unbranched alkanes of at least 4 members (excludes halogenated alkanes) is 1. The van der Waals surface area contributed by atoms with E-state index in [9.17, 15) is 0 Å². The van der Waals surface area contributed by atoms with Gasteiger partial charge in [-0.2, -0.15) is 0 Å². The van der Waals surface area contributed by atoms with Gasteiger partial charge in [-0.25, -0.2) is 0 Å². The Hall–Kier alpha value is -3.60. The fourth-order valence-corrected chi connectivity index (χ4v) is 5.98. The number of aromatic nitrogens is 1. The number of thiophene rings is 1. The Bertz CT molecular complexity index is 1610. The predicted octanol–water partition coefficient (Wildman–Crippen LogP) is 8.06. The molecule has 2 aromatic heterocycles. The molecule has 0 radical (unpaired) electrons. The van der Waals surface area contributed by atoms with Gasteiger partial charge in [0.1, 0.15) is 12.4 Å². The molecule has 4 aromatic carbocycles. The lowest BCUT2D eigenvalue weighted by Gasteiger charge is -2.08. The molecule has 0 aliphatic heterocycles. The van der Waals surface area contributed by atoms with Crippen LogP contribution in [0.2, 0.25) is 0 Å². The van der Waals surface area contributed by atoms with Gasteiger partial charge < -0.3 is 15.5 Å². The molecule has 3 N–H and O–H groups in total. The first-order chi connectivity index (χ1) is 17.3. The van der Waals surface area contributed by atoms with Crippen LogP contribution in [0.4, 0.5) is 0 Å². The van der Waals surface area contributed by atoms with E-state index in [-0.39, 0.29) is 0 Å². The van der Waals surface area contributed by atoms with Crippen molar-refractivity contribution < 1.29 is 4.74 Å². The van der Waals surface area contributed by atoms with Gasteiger partial charge in [-0.15, -0.1) is 11.3 Å². The molecule has 0 saturated carbocycles. The maximum Gasteiger partial charge on any atom is 0.120 e. The zero-order valence-electron chi connectivity index (χ0n) is 19.6. The summed E-state index contributed by atoms with van der Waals surface area (Å²) >= 11 is 1.86. The van der Waals surface area contributed by atoms with Crippen LogP contribution in [-0.4, -0.2) is 11.5 Å². The van der Waals surface area contributed by atoms with Gasteiger partial charge in [-0.3, -0.25) is 0 Å².